The van der Waals surface area contributed by atoms with Crippen molar-refractivity contribution >= 4 is 22.4 Å². The van der Waals surface area contributed by atoms with Crippen molar-refractivity contribution in [3.8, 4) is 5.75 Å². The van der Waals surface area contributed by atoms with Crippen molar-refractivity contribution in [1.82, 2.24) is 0 Å². The number of nitrogens with two attached hydrogens (primary N) is 1. The summed E-state index contributed by atoms with van der Waals surface area (Å²) >= 11 is 0. The Hall–Kier alpha value is -2.23. The molecule has 0 fully saturated rings. The molecule has 0 heterocycles. The van der Waals surface area contributed by atoms with Crippen LogP contribution in [0.4, 0.5) is 5.69 Å². The van der Waals surface area contributed by atoms with Crippen LogP contribution in [-0.2, 0) is 9.53 Å². The van der Waals surface area contributed by atoms with E-state index in [1.54, 1.807) is 6.07 Å². The summed E-state index contributed by atoms with van der Waals surface area (Å²) < 4.78 is 9.79. The number of ether oxygens (including phenoxy) is 2. The summed E-state index contributed by atoms with van der Waals surface area (Å²) in [5.41, 5.74) is 6.41. The molecule has 0 saturated heterocycles. The quantitative estimate of drug-likeness (QED) is 0.648. The van der Waals surface area contributed by atoms with Crippen LogP contribution in [0.15, 0.2) is 36.4 Å². The fraction of sp³-hybridized carbons (Fsp3) is 0.154. The third-order valence-corrected chi connectivity index (χ3v) is 2.42. The van der Waals surface area contributed by atoms with Crippen molar-refractivity contribution in [3.63, 3.8) is 0 Å². The minimum Gasteiger partial charge on any atom is -0.482 e. The van der Waals surface area contributed by atoms with Crippen LogP contribution < -0.4 is 10.5 Å². The topological polar surface area (TPSA) is 61.5 Å². The number of hydrogen-bond acceptors (Lipinski definition) is 4. The number of fused-ring (bicyclic) bond motifs is 1. The van der Waals surface area contributed by atoms with E-state index in [2.05, 4.69) is 4.74 Å². The second-order valence-electron chi connectivity index (χ2n) is 3.63. The third-order valence-electron chi connectivity index (χ3n) is 2.42. The summed E-state index contributed by atoms with van der Waals surface area (Å²) in [7, 11) is 1.33. The summed E-state index contributed by atoms with van der Waals surface area (Å²) in [6.07, 6.45) is 0. The van der Waals surface area contributed by atoms with Gasteiger partial charge in [0.15, 0.2) is 6.61 Å². The second-order valence-corrected chi connectivity index (χ2v) is 3.63. The van der Waals surface area contributed by atoms with Gasteiger partial charge in [0.25, 0.3) is 0 Å². The predicted octanol–water partition coefficient (Wildman–Crippen LogP) is 1.97. The molecule has 0 aromatic heterocycles. The van der Waals surface area contributed by atoms with Gasteiger partial charge in [-0.15, -0.1) is 0 Å². The molecule has 2 aromatic carbocycles. The van der Waals surface area contributed by atoms with Crippen LogP contribution in [0.3, 0.4) is 0 Å². The summed E-state index contributed by atoms with van der Waals surface area (Å²) in [5.74, 6) is 0.232. The van der Waals surface area contributed by atoms with Crippen LogP contribution in [0.1, 0.15) is 0 Å². The number of anilines is 1. The average molecular weight is 231 g/mol. The van der Waals surface area contributed by atoms with Crippen molar-refractivity contribution in [1.29, 1.82) is 0 Å². The van der Waals surface area contributed by atoms with E-state index in [0.29, 0.717) is 5.75 Å². The number of nitrogen functional groups attached to an aromatic ring is 1. The molecular weight excluding hydrogens is 218 g/mol. The Kier molecular flexibility index (Phi) is 3.14. The molecule has 2 aromatic rings. The van der Waals surface area contributed by atoms with Crippen molar-refractivity contribution in [3.05, 3.63) is 36.4 Å². The molecule has 0 aliphatic heterocycles. The number of benzene rings is 2. The van der Waals surface area contributed by atoms with Crippen LogP contribution in [0.2, 0.25) is 0 Å². The van der Waals surface area contributed by atoms with Crippen molar-refractivity contribution in [2.75, 3.05) is 19.5 Å². The van der Waals surface area contributed by atoms with Crippen LogP contribution in [0.25, 0.3) is 10.8 Å². The fourth-order valence-electron chi connectivity index (χ4n) is 1.53. The number of carbonyl (C=O) groups excluding carboxylic acids is 1. The van der Waals surface area contributed by atoms with E-state index >= 15 is 0 Å². The molecule has 2 N–H and O–H groups in total. The van der Waals surface area contributed by atoms with Gasteiger partial charge in [0, 0.05) is 5.69 Å². The van der Waals surface area contributed by atoms with Gasteiger partial charge in [0.2, 0.25) is 0 Å². The standard InChI is InChI=1S/C13H13NO3/c1-16-13(15)8-17-12-5-3-9-6-11(14)4-2-10(9)7-12/h2-7H,8,14H2,1H3. The highest BCUT2D eigenvalue weighted by atomic mass is 16.6. The Morgan fingerprint density at radius 3 is 2.65 bits per heavy atom. The van der Waals surface area contributed by atoms with Gasteiger partial charge in [-0.2, -0.15) is 0 Å². The maximum atomic E-state index is 10.9. The lowest BCUT2D eigenvalue weighted by molar-refractivity contribution is -0.142. The Morgan fingerprint density at radius 2 is 1.88 bits per heavy atom. The zero-order valence-electron chi connectivity index (χ0n) is 9.47. The van der Waals surface area contributed by atoms with Crippen LogP contribution in [0, 0.1) is 0 Å². The van der Waals surface area contributed by atoms with E-state index in [1.165, 1.54) is 7.11 Å². The van der Waals surface area contributed by atoms with E-state index in [-0.39, 0.29) is 6.61 Å². The van der Waals surface area contributed by atoms with Gasteiger partial charge in [-0.1, -0.05) is 12.1 Å². The van der Waals surface area contributed by atoms with Gasteiger partial charge < -0.3 is 15.2 Å². The normalized spacial score (nSPS) is 10.2. The molecule has 0 radical (unpaired) electrons. The van der Waals surface area contributed by atoms with Gasteiger partial charge in [-0.25, -0.2) is 4.79 Å². The highest BCUT2D eigenvalue weighted by Crippen LogP contribution is 2.22. The molecule has 0 aliphatic rings. The maximum Gasteiger partial charge on any atom is 0.343 e. The summed E-state index contributed by atoms with van der Waals surface area (Å²) in [5, 5.41) is 2.05. The van der Waals surface area contributed by atoms with Gasteiger partial charge in [0.1, 0.15) is 5.75 Å². The summed E-state index contributed by atoms with van der Waals surface area (Å²) in [6.45, 7) is -0.0863. The van der Waals surface area contributed by atoms with Crippen LogP contribution in [-0.4, -0.2) is 19.7 Å². The molecule has 88 valence electrons. The molecule has 0 saturated carbocycles. The molecular formula is C13H13NO3. The SMILES string of the molecule is COC(=O)COc1ccc2cc(N)ccc2c1. The highest BCUT2D eigenvalue weighted by Gasteiger charge is 2.02. The average Bonchev–Trinajstić information content (AvgIpc) is 2.35. The lowest BCUT2D eigenvalue weighted by Crippen LogP contribution is -2.12. The molecule has 0 unspecified atom stereocenters. The Labute approximate surface area is 98.9 Å². The smallest absolute Gasteiger partial charge is 0.343 e. The summed E-state index contributed by atoms with van der Waals surface area (Å²) in [6, 6.07) is 11.2. The number of hydrogen-bond donors (Lipinski definition) is 1. The van der Waals surface area contributed by atoms with Crippen molar-refractivity contribution < 1.29 is 14.3 Å². The largest absolute Gasteiger partial charge is 0.482 e. The third kappa shape index (κ3) is 2.66. The fourth-order valence-corrected chi connectivity index (χ4v) is 1.53. The van der Waals surface area contributed by atoms with E-state index in [9.17, 15) is 4.79 Å². The Morgan fingerprint density at radius 1 is 1.18 bits per heavy atom. The molecule has 4 heteroatoms. The molecule has 0 spiro atoms. The second kappa shape index (κ2) is 4.74. The molecule has 0 aliphatic carbocycles. The van der Waals surface area contributed by atoms with E-state index in [0.717, 1.165) is 16.5 Å². The summed E-state index contributed by atoms with van der Waals surface area (Å²) in [4.78, 5) is 10.9. The van der Waals surface area contributed by atoms with Gasteiger partial charge in [0.05, 0.1) is 7.11 Å². The Balaban J connectivity index is 2.20. The van der Waals surface area contributed by atoms with Gasteiger partial charge >= 0.3 is 5.97 Å². The monoisotopic (exact) mass is 231 g/mol. The lowest BCUT2D eigenvalue weighted by Gasteiger charge is -2.06. The molecule has 17 heavy (non-hydrogen) atoms. The highest BCUT2D eigenvalue weighted by molar-refractivity contribution is 5.86. The van der Waals surface area contributed by atoms with Crippen molar-refractivity contribution in [2.24, 2.45) is 0 Å². The molecule has 0 bridgehead atoms. The first-order valence-corrected chi connectivity index (χ1v) is 5.18. The first-order valence-electron chi connectivity index (χ1n) is 5.18. The number of esters is 1. The van der Waals surface area contributed by atoms with E-state index in [1.807, 2.05) is 30.3 Å². The predicted molar refractivity (Wildman–Crippen MR) is 65.9 cm³/mol. The van der Waals surface area contributed by atoms with Crippen molar-refractivity contribution in [2.45, 2.75) is 0 Å². The lowest BCUT2D eigenvalue weighted by atomic mass is 10.1. The van der Waals surface area contributed by atoms with Crippen LogP contribution >= 0.6 is 0 Å². The van der Waals surface area contributed by atoms with E-state index in [4.69, 9.17) is 10.5 Å². The first-order chi connectivity index (χ1) is 8.19. The Bertz CT molecular complexity index is 551. The zero-order valence-corrected chi connectivity index (χ0v) is 9.47. The maximum absolute atomic E-state index is 10.9. The number of rotatable bonds is 3. The molecule has 4 nitrogen and oxygen atoms in total. The molecule has 0 atom stereocenters. The zero-order chi connectivity index (χ0) is 12.3. The van der Waals surface area contributed by atoms with Gasteiger partial charge in [-0.3, -0.25) is 0 Å². The minimum atomic E-state index is -0.401. The number of methoxy groups -OCH3 is 1. The van der Waals surface area contributed by atoms with E-state index < -0.39 is 5.97 Å². The molecule has 2 rings (SSSR count). The van der Waals surface area contributed by atoms with Crippen LogP contribution in [0.5, 0.6) is 5.75 Å². The first kappa shape index (κ1) is 11.3. The number of carbonyl (C=O) groups is 1. The minimum absolute atomic E-state index is 0.0863. The molecule has 0 amide bonds. The van der Waals surface area contributed by atoms with Gasteiger partial charge in [-0.05, 0) is 35.0 Å².